The van der Waals surface area contributed by atoms with Crippen LogP contribution in [0.2, 0.25) is 0 Å². The van der Waals surface area contributed by atoms with Crippen molar-refractivity contribution in [3.05, 3.63) is 0 Å². The lowest BCUT2D eigenvalue weighted by molar-refractivity contribution is -0.125. The van der Waals surface area contributed by atoms with E-state index in [1.807, 2.05) is 0 Å². The lowest BCUT2D eigenvalue weighted by Gasteiger charge is -2.05. The molecular formula is C6H8ClNO2. The second-order valence-electron chi connectivity index (χ2n) is 2.40. The highest BCUT2D eigenvalue weighted by Gasteiger charge is 2.33. The third kappa shape index (κ3) is 1.29. The number of rotatable bonds is 1. The first-order valence-electron chi connectivity index (χ1n) is 3.09. The van der Waals surface area contributed by atoms with Crippen LogP contribution in [-0.4, -0.2) is 17.2 Å². The number of nitrogens with one attached hydrogen (secondary N) is 1. The van der Waals surface area contributed by atoms with Gasteiger partial charge in [-0.25, -0.2) is 0 Å². The zero-order chi connectivity index (χ0) is 7.72. The van der Waals surface area contributed by atoms with Crippen molar-refractivity contribution in [3.63, 3.8) is 0 Å². The number of amides is 2. The van der Waals surface area contributed by atoms with Gasteiger partial charge in [-0.2, -0.15) is 0 Å². The Morgan fingerprint density at radius 1 is 1.70 bits per heavy atom. The molecule has 0 saturated carbocycles. The third-order valence-electron chi connectivity index (χ3n) is 1.56. The summed E-state index contributed by atoms with van der Waals surface area (Å²) < 4.78 is 0. The molecule has 1 saturated heterocycles. The molecule has 4 heteroatoms. The van der Waals surface area contributed by atoms with Crippen LogP contribution in [0.4, 0.5) is 0 Å². The molecule has 2 amide bonds. The summed E-state index contributed by atoms with van der Waals surface area (Å²) in [5.74, 6) is -0.788. The van der Waals surface area contributed by atoms with Crippen molar-refractivity contribution in [1.29, 1.82) is 0 Å². The summed E-state index contributed by atoms with van der Waals surface area (Å²) >= 11 is 5.63. The Morgan fingerprint density at radius 2 is 2.30 bits per heavy atom. The minimum Gasteiger partial charge on any atom is -0.296 e. The largest absolute Gasteiger partial charge is 0.296 e. The smallest absolute Gasteiger partial charge is 0.231 e. The van der Waals surface area contributed by atoms with Gasteiger partial charge in [0, 0.05) is 11.8 Å². The number of hydrogen-bond acceptors (Lipinski definition) is 2. The summed E-state index contributed by atoms with van der Waals surface area (Å²) in [6, 6.07) is 0. The Morgan fingerprint density at radius 3 is 2.50 bits per heavy atom. The van der Waals surface area contributed by atoms with Crippen molar-refractivity contribution in [2.24, 2.45) is 5.92 Å². The molecule has 0 aliphatic carbocycles. The number of alkyl halides is 1. The van der Waals surface area contributed by atoms with Crippen molar-refractivity contribution in [3.8, 4) is 0 Å². The highest BCUT2D eigenvalue weighted by Crippen LogP contribution is 2.18. The van der Waals surface area contributed by atoms with Crippen molar-refractivity contribution >= 4 is 23.4 Å². The fourth-order valence-corrected chi connectivity index (χ4v) is 1.15. The quantitative estimate of drug-likeness (QED) is 0.444. The second kappa shape index (κ2) is 2.58. The van der Waals surface area contributed by atoms with Gasteiger partial charge >= 0.3 is 0 Å². The Bertz CT molecular complexity index is 179. The van der Waals surface area contributed by atoms with Gasteiger partial charge in [-0.3, -0.25) is 14.9 Å². The van der Waals surface area contributed by atoms with Crippen LogP contribution in [0.3, 0.4) is 0 Å². The average Bonchev–Trinajstić information content (AvgIpc) is 2.10. The third-order valence-corrected chi connectivity index (χ3v) is 1.86. The summed E-state index contributed by atoms with van der Waals surface area (Å²) in [5.41, 5.74) is 0. The number of imide groups is 1. The number of carbonyl (C=O) groups is 2. The Balaban J connectivity index is 2.63. The van der Waals surface area contributed by atoms with Gasteiger partial charge in [-0.15, -0.1) is 11.6 Å². The maximum atomic E-state index is 10.8. The molecular weight excluding hydrogens is 154 g/mol. The molecule has 2 atom stereocenters. The molecule has 0 radical (unpaired) electrons. The van der Waals surface area contributed by atoms with E-state index < -0.39 is 0 Å². The summed E-state index contributed by atoms with van der Waals surface area (Å²) in [7, 11) is 0. The monoisotopic (exact) mass is 161 g/mol. The standard InChI is InChI=1S/C6H8ClNO2/c1-3(7)4-2-5(9)8-6(4)10/h3-4H,2H2,1H3,(H,8,9,10). The maximum absolute atomic E-state index is 10.8. The van der Waals surface area contributed by atoms with E-state index in [2.05, 4.69) is 5.32 Å². The normalized spacial score (nSPS) is 28.4. The van der Waals surface area contributed by atoms with Gasteiger partial charge in [0.25, 0.3) is 0 Å². The minimum absolute atomic E-state index is 0.220. The first-order valence-corrected chi connectivity index (χ1v) is 3.52. The van der Waals surface area contributed by atoms with E-state index in [0.29, 0.717) is 0 Å². The molecule has 1 aliphatic rings. The molecule has 0 aromatic rings. The summed E-state index contributed by atoms with van der Waals surface area (Å²) in [4.78, 5) is 21.4. The first kappa shape index (κ1) is 7.54. The number of halogens is 1. The van der Waals surface area contributed by atoms with E-state index in [9.17, 15) is 9.59 Å². The van der Waals surface area contributed by atoms with E-state index in [1.54, 1.807) is 6.92 Å². The van der Waals surface area contributed by atoms with Crippen molar-refractivity contribution in [2.75, 3.05) is 0 Å². The van der Waals surface area contributed by atoms with Gasteiger partial charge in [0.1, 0.15) is 0 Å². The van der Waals surface area contributed by atoms with Crippen LogP contribution in [0.15, 0.2) is 0 Å². The molecule has 0 aromatic carbocycles. The first-order chi connectivity index (χ1) is 4.61. The topological polar surface area (TPSA) is 46.2 Å². The SMILES string of the molecule is CC(Cl)C1CC(=O)NC1=O. The van der Waals surface area contributed by atoms with Crippen LogP contribution in [0.1, 0.15) is 13.3 Å². The zero-order valence-corrected chi connectivity index (χ0v) is 6.31. The molecule has 56 valence electrons. The second-order valence-corrected chi connectivity index (χ2v) is 3.09. The van der Waals surface area contributed by atoms with Gasteiger partial charge in [-0.1, -0.05) is 0 Å². The molecule has 1 heterocycles. The lowest BCUT2D eigenvalue weighted by atomic mass is 10.1. The molecule has 0 spiro atoms. The highest BCUT2D eigenvalue weighted by atomic mass is 35.5. The van der Waals surface area contributed by atoms with Gasteiger partial charge in [0.2, 0.25) is 11.8 Å². The molecule has 1 aliphatic heterocycles. The Labute approximate surface area is 63.7 Å². The fraction of sp³-hybridized carbons (Fsp3) is 0.667. The number of hydrogen-bond donors (Lipinski definition) is 1. The minimum atomic E-state index is -0.325. The van der Waals surface area contributed by atoms with E-state index >= 15 is 0 Å². The van der Waals surface area contributed by atoms with Gasteiger partial charge < -0.3 is 0 Å². The maximum Gasteiger partial charge on any atom is 0.231 e. The molecule has 1 fully saturated rings. The van der Waals surface area contributed by atoms with Crippen LogP contribution in [0.25, 0.3) is 0 Å². The molecule has 0 bridgehead atoms. The average molecular weight is 162 g/mol. The highest BCUT2D eigenvalue weighted by molar-refractivity contribution is 6.23. The Hall–Kier alpha value is -0.570. The molecule has 3 nitrogen and oxygen atoms in total. The zero-order valence-electron chi connectivity index (χ0n) is 5.56. The molecule has 1 rings (SSSR count). The van der Waals surface area contributed by atoms with Crippen LogP contribution < -0.4 is 5.32 Å². The summed E-state index contributed by atoms with van der Waals surface area (Å²) in [6.45, 7) is 1.71. The van der Waals surface area contributed by atoms with Crippen LogP contribution in [0.5, 0.6) is 0 Å². The lowest BCUT2D eigenvalue weighted by Crippen LogP contribution is -2.25. The summed E-state index contributed by atoms with van der Waals surface area (Å²) in [6.07, 6.45) is 0.240. The molecule has 1 N–H and O–H groups in total. The molecule has 10 heavy (non-hydrogen) atoms. The van der Waals surface area contributed by atoms with Crippen LogP contribution in [-0.2, 0) is 9.59 Å². The van der Waals surface area contributed by atoms with Gasteiger partial charge in [0.15, 0.2) is 0 Å². The van der Waals surface area contributed by atoms with Gasteiger partial charge in [-0.05, 0) is 6.92 Å². The summed E-state index contributed by atoms with van der Waals surface area (Å²) in [5, 5.41) is 1.93. The van der Waals surface area contributed by atoms with Crippen LogP contribution in [0, 0.1) is 5.92 Å². The molecule has 2 unspecified atom stereocenters. The predicted octanol–water partition coefficient (Wildman–Crippen LogP) is 0.276. The number of carbonyl (C=O) groups excluding carboxylic acids is 2. The Kier molecular flexibility index (Phi) is 1.94. The van der Waals surface area contributed by atoms with Crippen molar-refractivity contribution < 1.29 is 9.59 Å². The van der Waals surface area contributed by atoms with Crippen molar-refractivity contribution in [2.45, 2.75) is 18.7 Å². The molecule has 0 aromatic heterocycles. The van der Waals surface area contributed by atoms with Gasteiger partial charge in [0.05, 0.1) is 5.92 Å². The van der Waals surface area contributed by atoms with Crippen LogP contribution >= 0.6 is 11.6 Å². The predicted molar refractivity (Wildman–Crippen MR) is 36.6 cm³/mol. The van der Waals surface area contributed by atoms with E-state index in [0.717, 1.165) is 0 Å². The fourth-order valence-electron chi connectivity index (χ4n) is 0.945. The van der Waals surface area contributed by atoms with E-state index in [4.69, 9.17) is 11.6 Å². The van der Waals surface area contributed by atoms with E-state index in [-0.39, 0.29) is 29.5 Å². The van der Waals surface area contributed by atoms with Crippen molar-refractivity contribution in [1.82, 2.24) is 5.32 Å². The van der Waals surface area contributed by atoms with E-state index in [1.165, 1.54) is 0 Å².